The van der Waals surface area contributed by atoms with E-state index < -0.39 is 0 Å². The largest absolute Gasteiger partial charge is 0.507 e. The van der Waals surface area contributed by atoms with Gasteiger partial charge in [-0.3, -0.25) is 0 Å². The highest BCUT2D eigenvalue weighted by molar-refractivity contribution is 5.83. The van der Waals surface area contributed by atoms with Gasteiger partial charge in [0.25, 0.3) is 0 Å². The summed E-state index contributed by atoms with van der Waals surface area (Å²) in [6.07, 6.45) is 4.87. The molecule has 0 fully saturated rings. The number of phenols is 1. The molecule has 1 aromatic carbocycles. The Bertz CT molecular complexity index is 512. The number of allylic oxidation sites excluding steroid dienone is 1. The molecule has 2 heteroatoms. The summed E-state index contributed by atoms with van der Waals surface area (Å²) in [4.78, 5) is 0. The van der Waals surface area contributed by atoms with Crippen LogP contribution in [0.4, 0.5) is 0 Å². The van der Waals surface area contributed by atoms with Crippen LogP contribution in [0.2, 0.25) is 0 Å². The molecule has 0 aromatic heterocycles. The van der Waals surface area contributed by atoms with Gasteiger partial charge in [0.2, 0.25) is 0 Å². The zero-order chi connectivity index (χ0) is 9.42. The first-order valence-electron chi connectivity index (χ1n) is 3.97. The molecule has 0 saturated carbocycles. The summed E-state index contributed by atoms with van der Waals surface area (Å²) in [5.41, 5.74) is 1.42. The van der Waals surface area contributed by atoms with Crippen molar-refractivity contribution < 1.29 is 5.11 Å². The van der Waals surface area contributed by atoms with Crippen LogP contribution in [0.25, 0.3) is 12.2 Å². The highest BCUT2D eigenvalue weighted by atomic mass is 16.3. The fourth-order valence-electron chi connectivity index (χ4n) is 1.46. The van der Waals surface area contributed by atoms with E-state index in [0.717, 1.165) is 22.2 Å². The predicted octanol–water partition coefficient (Wildman–Crippen LogP) is 0.521. The molecule has 0 spiro atoms. The maximum absolute atomic E-state index is 9.68. The Balaban J connectivity index is 2.91. The number of phenolic OH excluding ortho intramolecular Hbond substituents is 1. The quantitative estimate of drug-likeness (QED) is 0.594. The van der Waals surface area contributed by atoms with E-state index in [1.165, 1.54) is 0 Å². The SMILES string of the molecule is C=C1C=c2ccc(C=N)c(O)c2=C1. The van der Waals surface area contributed by atoms with E-state index >= 15 is 0 Å². The van der Waals surface area contributed by atoms with Crippen LogP contribution in [0.5, 0.6) is 5.75 Å². The highest BCUT2D eigenvalue weighted by Crippen LogP contribution is 2.09. The average Bonchev–Trinajstić information content (AvgIpc) is 2.47. The van der Waals surface area contributed by atoms with Crippen molar-refractivity contribution in [2.45, 2.75) is 0 Å². The zero-order valence-electron chi connectivity index (χ0n) is 7.04. The van der Waals surface area contributed by atoms with Crippen LogP contribution in [0.15, 0.2) is 24.3 Å². The molecule has 2 rings (SSSR count). The maximum atomic E-state index is 9.68. The maximum Gasteiger partial charge on any atom is 0.132 e. The standard InChI is InChI=1S/C11H9NO/c1-7-4-8-2-3-9(6-12)11(13)10(8)5-7/h2-6,12-13H,1H2. The van der Waals surface area contributed by atoms with Crippen molar-refractivity contribution >= 4 is 18.4 Å². The Morgan fingerprint density at radius 2 is 2.08 bits per heavy atom. The van der Waals surface area contributed by atoms with E-state index in [0.29, 0.717) is 5.56 Å². The van der Waals surface area contributed by atoms with Crippen molar-refractivity contribution in [3.05, 3.63) is 40.3 Å². The van der Waals surface area contributed by atoms with E-state index in [1.807, 2.05) is 18.2 Å². The molecule has 1 aliphatic rings. The third kappa shape index (κ3) is 1.07. The molecule has 0 unspecified atom stereocenters. The molecule has 64 valence electrons. The number of fused-ring (bicyclic) bond motifs is 1. The molecule has 0 heterocycles. The van der Waals surface area contributed by atoms with Crippen LogP contribution in [-0.4, -0.2) is 11.3 Å². The molecule has 0 bridgehead atoms. The molecule has 1 aliphatic carbocycles. The van der Waals surface area contributed by atoms with Gasteiger partial charge in [-0.1, -0.05) is 12.6 Å². The lowest BCUT2D eigenvalue weighted by molar-refractivity contribution is 0.469. The number of aromatic hydroxyl groups is 1. The lowest BCUT2D eigenvalue weighted by Gasteiger charge is -1.96. The van der Waals surface area contributed by atoms with Crippen LogP contribution < -0.4 is 10.4 Å². The Kier molecular flexibility index (Phi) is 1.55. The first-order chi connectivity index (χ1) is 6.22. The molecular formula is C11H9NO. The fourth-order valence-corrected chi connectivity index (χ4v) is 1.46. The topological polar surface area (TPSA) is 44.1 Å². The Hall–Kier alpha value is -1.83. The molecule has 13 heavy (non-hydrogen) atoms. The van der Waals surface area contributed by atoms with Crippen molar-refractivity contribution in [2.75, 3.05) is 0 Å². The molecule has 1 aromatic rings. The Morgan fingerprint density at radius 3 is 2.77 bits per heavy atom. The second-order valence-corrected chi connectivity index (χ2v) is 3.01. The van der Waals surface area contributed by atoms with Gasteiger partial charge in [0.1, 0.15) is 5.75 Å². The first kappa shape index (κ1) is 7.80. The second kappa shape index (κ2) is 2.59. The molecule has 2 nitrogen and oxygen atoms in total. The van der Waals surface area contributed by atoms with Gasteiger partial charge < -0.3 is 10.5 Å². The van der Waals surface area contributed by atoms with Gasteiger partial charge in [0, 0.05) is 17.0 Å². The monoisotopic (exact) mass is 171 g/mol. The average molecular weight is 171 g/mol. The molecule has 0 atom stereocenters. The van der Waals surface area contributed by atoms with E-state index in [2.05, 4.69) is 6.58 Å². The van der Waals surface area contributed by atoms with Gasteiger partial charge in [0.05, 0.1) is 0 Å². The van der Waals surface area contributed by atoms with E-state index in [-0.39, 0.29) is 5.75 Å². The Labute approximate surface area is 75.7 Å². The number of rotatable bonds is 1. The predicted molar refractivity (Wildman–Crippen MR) is 53.3 cm³/mol. The Morgan fingerprint density at radius 1 is 1.31 bits per heavy atom. The van der Waals surface area contributed by atoms with Gasteiger partial charge in [-0.2, -0.15) is 0 Å². The zero-order valence-corrected chi connectivity index (χ0v) is 7.04. The van der Waals surface area contributed by atoms with Crippen molar-refractivity contribution in [3.8, 4) is 5.75 Å². The van der Waals surface area contributed by atoms with Crippen LogP contribution in [-0.2, 0) is 0 Å². The van der Waals surface area contributed by atoms with Crippen molar-refractivity contribution in [1.82, 2.24) is 0 Å². The highest BCUT2D eigenvalue weighted by Gasteiger charge is 2.04. The summed E-state index contributed by atoms with van der Waals surface area (Å²) in [6, 6.07) is 3.61. The van der Waals surface area contributed by atoms with E-state index in [9.17, 15) is 5.11 Å². The minimum absolute atomic E-state index is 0.169. The molecular weight excluding hydrogens is 162 g/mol. The van der Waals surface area contributed by atoms with Crippen LogP contribution >= 0.6 is 0 Å². The van der Waals surface area contributed by atoms with Gasteiger partial charge in [-0.15, -0.1) is 0 Å². The molecule has 0 aliphatic heterocycles. The lowest BCUT2D eigenvalue weighted by Crippen LogP contribution is -2.22. The normalized spacial score (nSPS) is 13.1. The molecule has 2 N–H and O–H groups in total. The van der Waals surface area contributed by atoms with Crippen LogP contribution in [0, 0.1) is 5.41 Å². The van der Waals surface area contributed by atoms with Crippen LogP contribution in [0.1, 0.15) is 5.56 Å². The van der Waals surface area contributed by atoms with E-state index in [4.69, 9.17) is 5.41 Å². The second-order valence-electron chi connectivity index (χ2n) is 3.01. The summed E-state index contributed by atoms with van der Waals surface area (Å²) in [5, 5.41) is 18.5. The summed E-state index contributed by atoms with van der Waals surface area (Å²) in [5.74, 6) is 0.169. The summed E-state index contributed by atoms with van der Waals surface area (Å²) >= 11 is 0. The van der Waals surface area contributed by atoms with Gasteiger partial charge in [-0.25, -0.2) is 0 Å². The van der Waals surface area contributed by atoms with Gasteiger partial charge >= 0.3 is 0 Å². The number of benzene rings is 1. The van der Waals surface area contributed by atoms with Gasteiger partial charge in [-0.05, 0) is 29.0 Å². The van der Waals surface area contributed by atoms with E-state index in [1.54, 1.807) is 6.07 Å². The third-order valence-corrected chi connectivity index (χ3v) is 2.11. The lowest BCUT2D eigenvalue weighted by atomic mass is 10.1. The number of hydrogen-bond donors (Lipinski definition) is 2. The molecule has 0 saturated heterocycles. The van der Waals surface area contributed by atoms with Crippen molar-refractivity contribution in [1.29, 1.82) is 5.41 Å². The number of hydrogen-bond acceptors (Lipinski definition) is 2. The molecule has 0 radical (unpaired) electrons. The minimum atomic E-state index is 0.169. The summed E-state index contributed by atoms with van der Waals surface area (Å²) < 4.78 is 0. The summed E-state index contributed by atoms with van der Waals surface area (Å²) in [7, 11) is 0. The van der Waals surface area contributed by atoms with Crippen molar-refractivity contribution in [3.63, 3.8) is 0 Å². The third-order valence-electron chi connectivity index (χ3n) is 2.11. The smallest absolute Gasteiger partial charge is 0.132 e. The molecule has 0 amide bonds. The van der Waals surface area contributed by atoms with Gasteiger partial charge in [0.15, 0.2) is 0 Å². The summed E-state index contributed by atoms with van der Waals surface area (Å²) in [6.45, 7) is 3.79. The minimum Gasteiger partial charge on any atom is -0.507 e. The first-order valence-corrected chi connectivity index (χ1v) is 3.97. The number of nitrogens with one attached hydrogen (secondary N) is 1. The van der Waals surface area contributed by atoms with Crippen LogP contribution in [0.3, 0.4) is 0 Å². The fraction of sp³-hybridized carbons (Fsp3) is 0. The van der Waals surface area contributed by atoms with Crippen molar-refractivity contribution in [2.24, 2.45) is 0 Å².